The van der Waals surface area contributed by atoms with Crippen LogP contribution in [0.3, 0.4) is 0 Å². The number of halogens is 1. The van der Waals surface area contributed by atoms with E-state index in [1.54, 1.807) is 0 Å². The van der Waals surface area contributed by atoms with Gasteiger partial charge in [0.1, 0.15) is 0 Å². The molecule has 144 valence electrons. The lowest BCUT2D eigenvalue weighted by molar-refractivity contribution is -0.136. The fourth-order valence-corrected chi connectivity index (χ4v) is 6.13. The number of carbonyl (C=O) groups excluding carboxylic acids is 1. The second-order valence-electron chi connectivity index (χ2n) is 7.59. The number of nitrogens with zero attached hydrogens (tertiary/aromatic N) is 2. The summed E-state index contributed by atoms with van der Waals surface area (Å²) < 4.78 is 24.9. The predicted molar refractivity (Wildman–Crippen MR) is 107 cm³/mol. The monoisotopic (exact) mass is 442 g/mol. The van der Waals surface area contributed by atoms with Crippen LogP contribution >= 0.6 is 15.9 Å². The lowest BCUT2D eigenvalue weighted by Crippen LogP contribution is -2.50. The number of amides is 1. The summed E-state index contributed by atoms with van der Waals surface area (Å²) in [6.07, 6.45) is 4.84. The Morgan fingerprint density at radius 2 is 1.77 bits per heavy atom. The van der Waals surface area contributed by atoms with Crippen LogP contribution in [0.2, 0.25) is 0 Å². The number of rotatable bonds is 6. The predicted octanol–water partition coefficient (Wildman–Crippen LogP) is 2.84. The first-order valence-electron chi connectivity index (χ1n) is 9.28. The van der Waals surface area contributed by atoms with Crippen LogP contribution < -0.4 is 0 Å². The van der Waals surface area contributed by atoms with Crippen molar-refractivity contribution in [2.24, 2.45) is 0 Å². The Morgan fingerprint density at radius 3 is 2.35 bits per heavy atom. The van der Waals surface area contributed by atoms with Crippen LogP contribution in [0, 0.1) is 0 Å². The van der Waals surface area contributed by atoms with Crippen molar-refractivity contribution in [2.75, 3.05) is 25.1 Å². The van der Waals surface area contributed by atoms with Crippen molar-refractivity contribution >= 4 is 31.7 Å². The highest BCUT2D eigenvalue weighted by Gasteiger charge is 2.39. The van der Waals surface area contributed by atoms with Gasteiger partial charge >= 0.3 is 0 Å². The summed E-state index contributed by atoms with van der Waals surface area (Å²) in [7, 11) is -1.05. The topological polar surface area (TPSA) is 57.7 Å². The first-order valence-corrected chi connectivity index (χ1v) is 11.9. The molecule has 1 atom stereocenters. The van der Waals surface area contributed by atoms with Crippen molar-refractivity contribution in [3.8, 4) is 0 Å². The van der Waals surface area contributed by atoms with Crippen molar-refractivity contribution in [3.63, 3.8) is 0 Å². The molecule has 1 aliphatic carbocycles. The lowest BCUT2D eigenvalue weighted by Gasteiger charge is -2.35. The maximum absolute atomic E-state index is 13.1. The molecule has 1 aliphatic heterocycles. The van der Waals surface area contributed by atoms with Gasteiger partial charge in [-0.3, -0.25) is 9.69 Å². The molecule has 3 rings (SSSR count). The number of likely N-dealkylation sites (N-methyl/N-ethyl adjacent to an activating group) is 1. The van der Waals surface area contributed by atoms with Crippen LogP contribution in [0.1, 0.15) is 37.7 Å². The maximum atomic E-state index is 13.1. The highest BCUT2D eigenvalue weighted by atomic mass is 79.9. The van der Waals surface area contributed by atoms with E-state index in [0.717, 1.165) is 35.7 Å². The van der Waals surface area contributed by atoms with Gasteiger partial charge in [0.2, 0.25) is 5.91 Å². The Bertz CT molecular complexity index is 730. The van der Waals surface area contributed by atoms with Gasteiger partial charge in [0.05, 0.1) is 18.1 Å². The van der Waals surface area contributed by atoms with Crippen molar-refractivity contribution in [1.29, 1.82) is 0 Å². The van der Waals surface area contributed by atoms with Crippen LogP contribution in [-0.4, -0.2) is 61.3 Å². The quantitative estimate of drug-likeness (QED) is 0.679. The van der Waals surface area contributed by atoms with Crippen LogP contribution in [0.15, 0.2) is 28.7 Å². The number of hydrogen-bond donors (Lipinski definition) is 0. The molecule has 1 aromatic carbocycles. The Labute approximate surface area is 164 Å². The van der Waals surface area contributed by atoms with Gasteiger partial charge in [-0.2, -0.15) is 0 Å². The third kappa shape index (κ3) is 5.08. The van der Waals surface area contributed by atoms with Crippen molar-refractivity contribution in [3.05, 3.63) is 34.3 Å². The highest BCUT2D eigenvalue weighted by molar-refractivity contribution is 9.10. The zero-order valence-electron chi connectivity index (χ0n) is 15.2. The summed E-state index contributed by atoms with van der Waals surface area (Å²) in [4.78, 5) is 17.0. The van der Waals surface area contributed by atoms with Gasteiger partial charge in [-0.1, -0.05) is 40.9 Å². The zero-order chi connectivity index (χ0) is 18.7. The first kappa shape index (κ1) is 19.8. The normalized spacial score (nSPS) is 22.8. The molecule has 1 saturated heterocycles. The summed E-state index contributed by atoms with van der Waals surface area (Å²) in [5, 5.41) is 0. The second-order valence-corrected chi connectivity index (χ2v) is 10.7. The van der Waals surface area contributed by atoms with E-state index in [4.69, 9.17) is 0 Å². The first-order chi connectivity index (χ1) is 12.3. The molecule has 0 aromatic heterocycles. The Hall–Kier alpha value is -0.920. The minimum Gasteiger partial charge on any atom is -0.335 e. The highest BCUT2D eigenvalue weighted by Crippen LogP contribution is 2.29. The Kier molecular flexibility index (Phi) is 6.41. The molecular formula is C19H27BrN2O3S. The Morgan fingerprint density at radius 1 is 1.12 bits per heavy atom. The molecular weight excluding hydrogens is 416 g/mol. The van der Waals surface area contributed by atoms with Gasteiger partial charge in [-0.25, -0.2) is 8.42 Å². The van der Waals surface area contributed by atoms with Crippen LogP contribution in [0.5, 0.6) is 0 Å². The molecule has 1 saturated carbocycles. The van der Waals surface area contributed by atoms with E-state index >= 15 is 0 Å². The molecule has 0 radical (unpaired) electrons. The number of benzene rings is 1. The van der Waals surface area contributed by atoms with Crippen LogP contribution in [0.4, 0.5) is 0 Å². The van der Waals surface area contributed by atoms with Gasteiger partial charge in [-0.05, 0) is 44.0 Å². The molecule has 2 fully saturated rings. The SMILES string of the molecule is CN(CC(=O)N(C1CCCC1)C1CCS(=O)(=O)C1)Cc1ccc(Br)cc1. The number of sulfone groups is 1. The van der Waals surface area contributed by atoms with E-state index in [2.05, 4.69) is 15.9 Å². The molecule has 1 unspecified atom stereocenters. The van der Waals surface area contributed by atoms with Crippen LogP contribution in [0.25, 0.3) is 0 Å². The summed E-state index contributed by atoms with van der Waals surface area (Å²) in [5.41, 5.74) is 1.15. The summed E-state index contributed by atoms with van der Waals surface area (Å²) in [6, 6.07) is 8.16. The number of carbonyl (C=O) groups is 1. The molecule has 1 aromatic rings. The molecule has 0 bridgehead atoms. The molecule has 0 spiro atoms. The number of hydrogen-bond acceptors (Lipinski definition) is 4. The maximum Gasteiger partial charge on any atom is 0.237 e. The van der Waals surface area contributed by atoms with Gasteiger partial charge in [-0.15, -0.1) is 0 Å². The summed E-state index contributed by atoms with van der Waals surface area (Å²) in [6.45, 7) is 1.02. The van der Waals surface area contributed by atoms with Crippen molar-refractivity contribution < 1.29 is 13.2 Å². The van der Waals surface area contributed by atoms with Gasteiger partial charge < -0.3 is 4.90 Å². The Balaban J connectivity index is 1.65. The third-order valence-corrected chi connectivity index (χ3v) is 7.66. The molecule has 2 aliphatic rings. The summed E-state index contributed by atoms with van der Waals surface area (Å²) in [5.74, 6) is 0.410. The van der Waals surface area contributed by atoms with Gasteiger partial charge in [0.15, 0.2) is 9.84 Å². The second kappa shape index (κ2) is 8.40. The molecule has 5 nitrogen and oxygen atoms in total. The van der Waals surface area contributed by atoms with E-state index in [0.29, 0.717) is 19.5 Å². The van der Waals surface area contributed by atoms with Crippen molar-refractivity contribution in [1.82, 2.24) is 9.80 Å². The van der Waals surface area contributed by atoms with E-state index < -0.39 is 9.84 Å². The van der Waals surface area contributed by atoms with Crippen molar-refractivity contribution in [2.45, 2.75) is 50.7 Å². The van der Waals surface area contributed by atoms with Gasteiger partial charge in [0.25, 0.3) is 0 Å². The average Bonchev–Trinajstić information content (AvgIpc) is 3.20. The molecule has 1 amide bonds. The summed E-state index contributed by atoms with van der Waals surface area (Å²) >= 11 is 3.43. The molecule has 26 heavy (non-hydrogen) atoms. The minimum atomic E-state index is -3.00. The van der Waals surface area contributed by atoms with E-state index in [-0.39, 0.29) is 29.5 Å². The average molecular weight is 443 g/mol. The zero-order valence-corrected chi connectivity index (χ0v) is 17.6. The fraction of sp³-hybridized carbons (Fsp3) is 0.632. The smallest absolute Gasteiger partial charge is 0.237 e. The minimum absolute atomic E-state index is 0.0682. The van der Waals surface area contributed by atoms with E-state index in [1.807, 2.05) is 41.1 Å². The van der Waals surface area contributed by atoms with E-state index in [1.165, 1.54) is 0 Å². The largest absolute Gasteiger partial charge is 0.335 e. The lowest BCUT2D eigenvalue weighted by atomic mass is 10.1. The molecule has 0 N–H and O–H groups in total. The fourth-order valence-electron chi connectivity index (χ4n) is 4.15. The molecule has 1 heterocycles. The standard InChI is InChI=1S/C19H27BrN2O3S/c1-21(12-15-6-8-16(20)9-7-15)13-19(23)22(17-4-2-3-5-17)18-10-11-26(24,25)14-18/h6-9,17-18H,2-5,10-14H2,1H3. The third-order valence-electron chi connectivity index (χ3n) is 5.38. The van der Waals surface area contributed by atoms with Gasteiger partial charge in [0, 0.05) is 23.1 Å². The van der Waals surface area contributed by atoms with E-state index in [9.17, 15) is 13.2 Å². The van der Waals surface area contributed by atoms with Crippen LogP contribution in [-0.2, 0) is 21.2 Å². The molecule has 7 heteroatoms.